The molecular formula is C17H15NO2. The van der Waals surface area contributed by atoms with Crippen LogP contribution in [0, 0.1) is 18.3 Å². The molecule has 0 N–H and O–H groups in total. The summed E-state index contributed by atoms with van der Waals surface area (Å²) in [6.07, 6.45) is 0. The maximum absolute atomic E-state index is 11.5. The minimum atomic E-state index is -0.112. The van der Waals surface area contributed by atoms with E-state index < -0.39 is 0 Å². The maximum atomic E-state index is 11.5. The molecule has 0 unspecified atom stereocenters. The second-order valence-corrected chi connectivity index (χ2v) is 4.55. The molecule has 2 aromatic rings. The van der Waals surface area contributed by atoms with Crippen molar-refractivity contribution in [3.63, 3.8) is 0 Å². The molecule has 0 bridgehead atoms. The van der Waals surface area contributed by atoms with Crippen LogP contribution < -0.4 is 4.74 Å². The summed E-state index contributed by atoms with van der Waals surface area (Å²) >= 11 is 0. The van der Waals surface area contributed by atoms with Crippen LogP contribution in [0.2, 0.25) is 0 Å². The lowest BCUT2D eigenvalue weighted by atomic mass is 9.99. The minimum absolute atomic E-state index is 0.112. The number of ether oxygens (including phenoxy) is 1. The Kier molecular flexibility index (Phi) is 4.17. The van der Waals surface area contributed by atoms with E-state index in [9.17, 15) is 10.1 Å². The summed E-state index contributed by atoms with van der Waals surface area (Å²) in [6, 6.07) is 15.3. The number of nitrogens with zero attached hydrogens (tertiary/aromatic N) is 1. The van der Waals surface area contributed by atoms with Gasteiger partial charge in [-0.3, -0.25) is 4.79 Å². The molecule has 3 nitrogen and oxygen atoms in total. The molecular weight excluding hydrogens is 250 g/mol. The lowest BCUT2D eigenvalue weighted by Gasteiger charge is -2.12. The highest BCUT2D eigenvalue weighted by Gasteiger charge is 2.13. The van der Waals surface area contributed by atoms with Gasteiger partial charge in [0.15, 0.2) is 5.78 Å². The third-order valence-electron chi connectivity index (χ3n) is 3.14. The van der Waals surface area contributed by atoms with Crippen molar-refractivity contribution in [2.24, 2.45) is 0 Å². The van der Waals surface area contributed by atoms with Crippen LogP contribution >= 0.6 is 0 Å². The van der Waals surface area contributed by atoms with Crippen LogP contribution in [0.5, 0.6) is 5.75 Å². The number of carbonyl (C=O) groups excluding carboxylic acids is 1. The fourth-order valence-electron chi connectivity index (χ4n) is 2.02. The average Bonchev–Trinajstić information content (AvgIpc) is 2.46. The molecule has 0 heterocycles. The Bertz CT molecular complexity index is 669. The zero-order valence-electron chi connectivity index (χ0n) is 11.5. The molecule has 0 aliphatic rings. The van der Waals surface area contributed by atoms with Gasteiger partial charge in [0.2, 0.25) is 0 Å². The van der Waals surface area contributed by atoms with E-state index in [1.165, 1.54) is 6.92 Å². The lowest BCUT2D eigenvalue weighted by Crippen LogP contribution is -2.03. The molecule has 0 saturated carbocycles. The molecule has 100 valence electrons. The summed E-state index contributed by atoms with van der Waals surface area (Å²) < 4.78 is 5.74. The molecule has 0 aliphatic heterocycles. The van der Waals surface area contributed by atoms with Crippen LogP contribution in [0.15, 0.2) is 42.5 Å². The summed E-state index contributed by atoms with van der Waals surface area (Å²) in [7, 11) is 0. The second kappa shape index (κ2) is 6.03. The third kappa shape index (κ3) is 2.86. The van der Waals surface area contributed by atoms with Crippen molar-refractivity contribution in [1.82, 2.24) is 0 Å². The summed E-state index contributed by atoms with van der Waals surface area (Å²) in [5.41, 5.74) is 2.59. The number of benzene rings is 2. The highest BCUT2D eigenvalue weighted by Crippen LogP contribution is 2.25. The summed E-state index contributed by atoms with van der Waals surface area (Å²) in [4.78, 5) is 11.5. The van der Waals surface area contributed by atoms with Gasteiger partial charge in [-0.2, -0.15) is 5.26 Å². The van der Waals surface area contributed by atoms with E-state index in [1.807, 2.05) is 30.3 Å². The molecule has 0 aliphatic carbocycles. The van der Waals surface area contributed by atoms with Crippen molar-refractivity contribution in [3.8, 4) is 11.8 Å². The first-order valence-electron chi connectivity index (χ1n) is 6.35. The molecule has 0 radical (unpaired) electrons. The summed E-state index contributed by atoms with van der Waals surface area (Å²) in [6.45, 7) is 3.69. The predicted molar refractivity (Wildman–Crippen MR) is 76.7 cm³/mol. The normalized spacial score (nSPS) is 9.85. The number of rotatable bonds is 4. The molecule has 0 fully saturated rings. The fraction of sp³-hybridized carbons (Fsp3) is 0.176. The molecule has 2 rings (SSSR count). The van der Waals surface area contributed by atoms with Crippen molar-refractivity contribution in [3.05, 3.63) is 64.7 Å². The first-order chi connectivity index (χ1) is 9.63. The standard InChI is InChI=1S/C17H15NO2/c1-12-16(10-18)15(13(2)19)8-9-17(12)20-11-14-6-4-3-5-7-14/h3-9H,11H2,1-2H3. The topological polar surface area (TPSA) is 50.1 Å². The SMILES string of the molecule is CC(=O)c1ccc(OCc2ccccc2)c(C)c1C#N. The number of carbonyl (C=O) groups is 1. The zero-order chi connectivity index (χ0) is 14.5. The Morgan fingerprint density at radius 3 is 2.50 bits per heavy atom. The molecule has 3 heteroatoms. The van der Waals surface area contributed by atoms with Crippen LogP contribution in [0.25, 0.3) is 0 Å². The first-order valence-corrected chi connectivity index (χ1v) is 6.35. The van der Waals surface area contributed by atoms with Gasteiger partial charge in [0.05, 0.1) is 5.56 Å². The van der Waals surface area contributed by atoms with Crippen LogP contribution in [0.4, 0.5) is 0 Å². The number of ketones is 1. The van der Waals surface area contributed by atoms with Gasteiger partial charge in [-0.1, -0.05) is 30.3 Å². The highest BCUT2D eigenvalue weighted by molar-refractivity contribution is 5.97. The van der Waals surface area contributed by atoms with Gasteiger partial charge >= 0.3 is 0 Å². The Labute approximate surface area is 118 Å². The van der Waals surface area contributed by atoms with Crippen molar-refractivity contribution < 1.29 is 9.53 Å². The van der Waals surface area contributed by atoms with Gasteiger partial charge in [-0.05, 0) is 31.5 Å². The lowest BCUT2D eigenvalue weighted by molar-refractivity contribution is 0.101. The largest absolute Gasteiger partial charge is 0.489 e. The second-order valence-electron chi connectivity index (χ2n) is 4.55. The average molecular weight is 265 g/mol. The quantitative estimate of drug-likeness (QED) is 0.793. The van der Waals surface area contributed by atoms with Gasteiger partial charge in [-0.25, -0.2) is 0 Å². The van der Waals surface area contributed by atoms with Gasteiger partial charge in [0.25, 0.3) is 0 Å². The molecule has 0 spiro atoms. The van der Waals surface area contributed by atoms with E-state index in [0.29, 0.717) is 29.0 Å². The molecule has 0 aromatic heterocycles. The Morgan fingerprint density at radius 1 is 1.20 bits per heavy atom. The van der Waals surface area contributed by atoms with Gasteiger partial charge in [0.1, 0.15) is 18.4 Å². The number of Topliss-reactive ketones (excluding diaryl/α,β-unsaturated/α-hetero) is 1. The first kappa shape index (κ1) is 13.8. The van der Waals surface area contributed by atoms with E-state index in [2.05, 4.69) is 6.07 Å². The van der Waals surface area contributed by atoms with Crippen LogP contribution in [-0.4, -0.2) is 5.78 Å². The predicted octanol–water partition coefficient (Wildman–Crippen LogP) is 3.65. The Balaban J connectivity index is 2.26. The van der Waals surface area contributed by atoms with Crippen LogP contribution in [0.1, 0.15) is 34.0 Å². The molecule has 0 saturated heterocycles. The smallest absolute Gasteiger partial charge is 0.161 e. The minimum Gasteiger partial charge on any atom is -0.489 e. The van der Waals surface area contributed by atoms with E-state index in [4.69, 9.17) is 4.74 Å². The van der Waals surface area contributed by atoms with Crippen molar-refractivity contribution in [2.45, 2.75) is 20.5 Å². The monoisotopic (exact) mass is 265 g/mol. The third-order valence-corrected chi connectivity index (χ3v) is 3.14. The molecule has 20 heavy (non-hydrogen) atoms. The zero-order valence-corrected chi connectivity index (χ0v) is 11.5. The van der Waals surface area contributed by atoms with Gasteiger partial charge in [0, 0.05) is 11.1 Å². The number of hydrogen-bond donors (Lipinski definition) is 0. The van der Waals surface area contributed by atoms with Crippen LogP contribution in [-0.2, 0) is 6.61 Å². The maximum Gasteiger partial charge on any atom is 0.161 e. The Morgan fingerprint density at radius 2 is 1.90 bits per heavy atom. The summed E-state index contributed by atoms with van der Waals surface area (Å²) in [5, 5.41) is 9.20. The van der Waals surface area contributed by atoms with E-state index in [1.54, 1.807) is 19.1 Å². The van der Waals surface area contributed by atoms with Gasteiger partial charge < -0.3 is 4.74 Å². The van der Waals surface area contributed by atoms with E-state index in [0.717, 1.165) is 5.56 Å². The highest BCUT2D eigenvalue weighted by atomic mass is 16.5. The fourth-order valence-corrected chi connectivity index (χ4v) is 2.02. The number of hydrogen-bond acceptors (Lipinski definition) is 3. The van der Waals surface area contributed by atoms with Gasteiger partial charge in [-0.15, -0.1) is 0 Å². The molecule has 2 aromatic carbocycles. The van der Waals surface area contributed by atoms with Crippen molar-refractivity contribution in [2.75, 3.05) is 0 Å². The Hall–Kier alpha value is -2.60. The van der Waals surface area contributed by atoms with E-state index >= 15 is 0 Å². The van der Waals surface area contributed by atoms with Crippen LogP contribution in [0.3, 0.4) is 0 Å². The van der Waals surface area contributed by atoms with Crippen molar-refractivity contribution in [1.29, 1.82) is 5.26 Å². The summed E-state index contributed by atoms with van der Waals surface area (Å²) in [5.74, 6) is 0.523. The molecule has 0 atom stereocenters. The number of nitriles is 1. The van der Waals surface area contributed by atoms with E-state index in [-0.39, 0.29) is 5.78 Å². The van der Waals surface area contributed by atoms with Crippen molar-refractivity contribution >= 4 is 5.78 Å². The molecule has 0 amide bonds.